The molecule has 0 aliphatic heterocycles. The Labute approximate surface area is 122 Å². The average molecular weight is 278 g/mol. The Balaban J connectivity index is 2.51. The van der Waals surface area contributed by atoms with Gasteiger partial charge in [-0.15, -0.1) is 0 Å². The molecule has 1 aromatic carbocycles. The molecule has 112 valence electrons. The lowest BCUT2D eigenvalue weighted by molar-refractivity contribution is -0.128. The van der Waals surface area contributed by atoms with Crippen molar-refractivity contribution in [1.82, 2.24) is 10.2 Å². The molecule has 20 heavy (non-hydrogen) atoms. The molecule has 0 saturated carbocycles. The summed E-state index contributed by atoms with van der Waals surface area (Å²) in [6.07, 6.45) is 0.179. The molecule has 1 N–H and O–H groups in total. The molecular weight excluding hydrogens is 252 g/mol. The fraction of sp³-hybridized carbons (Fsp3) is 0.562. The number of ether oxygens (including phenoxy) is 1. The Morgan fingerprint density at radius 3 is 2.35 bits per heavy atom. The summed E-state index contributed by atoms with van der Waals surface area (Å²) in [6, 6.07) is 8.13. The highest BCUT2D eigenvalue weighted by molar-refractivity contribution is 5.77. The monoisotopic (exact) mass is 278 g/mol. The maximum Gasteiger partial charge on any atom is 0.236 e. The lowest BCUT2D eigenvalue weighted by atomic mass is 10.1. The third-order valence-electron chi connectivity index (χ3n) is 3.21. The van der Waals surface area contributed by atoms with Gasteiger partial charge in [0.2, 0.25) is 5.91 Å². The van der Waals surface area contributed by atoms with Crippen molar-refractivity contribution in [3.63, 3.8) is 0 Å². The zero-order valence-electron chi connectivity index (χ0n) is 13.1. The first-order chi connectivity index (χ1) is 9.43. The summed E-state index contributed by atoms with van der Waals surface area (Å²) >= 11 is 0. The molecule has 0 heterocycles. The van der Waals surface area contributed by atoms with Gasteiger partial charge in [-0.05, 0) is 45.4 Å². The number of hydrogen-bond donors (Lipinski definition) is 1. The van der Waals surface area contributed by atoms with Gasteiger partial charge in [-0.2, -0.15) is 0 Å². The third-order valence-corrected chi connectivity index (χ3v) is 3.21. The van der Waals surface area contributed by atoms with Gasteiger partial charge in [-0.1, -0.05) is 12.1 Å². The van der Waals surface area contributed by atoms with Gasteiger partial charge in [0.15, 0.2) is 0 Å². The van der Waals surface area contributed by atoms with Crippen LogP contribution in [0.2, 0.25) is 0 Å². The second kappa shape index (κ2) is 7.90. The van der Waals surface area contributed by atoms with Crippen LogP contribution in [-0.4, -0.2) is 37.0 Å². The zero-order chi connectivity index (χ0) is 15.1. The van der Waals surface area contributed by atoms with Crippen LogP contribution in [0.5, 0.6) is 5.75 Å². The van der Waals surface area contributed by atoms with Crippen molar-refractivity contribution in [2.75, 3.05) is 20.1 Å². The van der Waals surface area contributed by atoms with E-state index in [1.54, 1.807) is 4.90 Å². The maximum atomic E-state index is 11.7. The van der Waals surface area contributed by atoms with Crippen LogP contribution >= 0.6 is 0 Å². The van der Waals surface area contributed by atoms with Crippen LogP contribution in [0.1, 0.15) is 39.3 Å². The number of nitrogens with one attached hydrogen (secondary N) is 1. The molecule has 0 aliphatic carbocycles. The summed E-state index contributed by atoms with van der Waals surface area (Å²) in [5.41, 5.74) is 1.15. The van der Waals surface area contributed by atoms with Crippen LogP contribution in [0.4, 0.5) is 0 Å². The van der Waals surface area contributed by atoms with E-state index < -0.39 is 0 Å². The fourth-order valence-corrected chi connectivity index (χ4v) is 1.78. The van der Waals surface area contributed by atoms with Crippen molar-refractivity contribution < 1.29 is 9.53 Å². The van der Waals surface area contributed by atoms with Gasteiger partial charge in [-0.25, -0.2) is 0 Å². The van der Waals surface area contributed by atoms with E-state index in [-0.39, 0.29) is 18.1 Å². The third kappa shape index (κ3) is 5.21. The standard InChI is InChI=1S/C16H26N2O2/c1-6-18(5)16(19)11-17-13(4)14-7-9-15(10-8-14)20-12(2)3/h7-10,12-13,17H,6,11H2,1-5H3. The summed E-state index contributed by atoms with van der Waals surface area (Å²) < 4.78 is 5.61. The lowest BCUT2D eigenvalue weighted by Crippen LogP contribution is -2.36. The minimum atomic E-state index is 0.110. The molecule has 0 saturated heterocycles. The van der Waals surface area contributed by atoms with Gasteiger partial charge in [0.25, 0.3) is 0 Å². The first kappa shape index (κ1) is 16.5. The van der Waals surface area contributed by atoms with Gasteiger partial charge in [0, 0.05) is 19.6 Å². The highest BCUT2D eigenvalue weighted by atomic mass is 16.5. The van der Waals surface area contributed by atoms with Crippen LogP contribution in [0.25, 0.3) is 0 Å². The Hall–Kier alpha value is -1.55. The molecule has 0 spiro atoms. The first-order valence-electron chi connectivity index (χ1n) is 7.18. The van der Waals surface area contributed by atoms with Crippen LogP contribution in [0, 0.1) is 0 Å². The van der Waals surface area contributed by atoms with E-state index in [0.717, 1.165) is 17.9 Å². The Kier molecular flexibility index (Phi) is 6.52. The summed E-state index contributed by atoms with van der Waals surface area (Å²) in [4.78, 5) is 13.4. The molecule has 4 heteroatoms. The molecule has 1 rings (SSSR count). The van der Waals surface area contributed by atoms with E-state index in [4.69, 9.17) is 4.74 Å². The van der Waals surface area contributed by atoms with E-state index in [9.17, 15) is 4.79 Å². The number of benzene rings is 1. The number of carbonyl (C=O) groups excluding carboxylic acids is 1. The molecule has 1 aromatic rings. The lowest BCUT2D eigenvalue weighted by Gasteiger charge is -2.18. The Morgan fingerprint density at radius 2 is 1.85 bits per heavy atom. The molecule has 0 radical (unpaired) electrons. The number of rotatable bonds is 7. The summed E-state index contributed by atoms with van der Waals surface area (Å²) in [6.45, 7) is 9.13. The number of carbonyl (C=O) groups is 1. The summed E-state index contributed by atoms with van der Waals surface area (Å²) in [7, 11) is 1.81. The van der Waals surface area contributed by atoms with E-state index in [1.165, 1.54) is 0 Å². The number of likely N-dealkylation sites (N-methyl/N-ethyl adjacent to an activating group) is 1. The normalized spacial score (nSPS) is 12.3. The van der Waals surface area contributed by atoms with Crippen LogP contribution in [-0.2, 0) is 4.79 Å². The van der Waals surface area contributed by atoms with Crippen molar-refractivity contribution in [2.45, 2.75) is 39.8 Å². The number of hydrogen-bond acceptors (Lipinski definition) is 3. The van der Waals surface area contributed by atoms with E-state index >= 15 is 0 Å². The smallest absolute Gasteiger partial charge is 0.236 e. The summed E-state index contributed by atoms with van der Waals surface area (Å²) in [5.74, 6) is 0.983. The molecule has 4 nitrogen and oxygen atoms in total. The van der Waals surface area contributed by atoms with Gasteiger partial charge in [-0.3, -0.25) is 4.79 Å². The van der Waals surface area contributed by atoms with Crippen molar-refractivity contribution in [3.05, 3.63) is 29.8 Å². The highest BCUT2D eigenvalue weighted by Gasteiger charge is 2.10. The molecule has 1 unspecified atom stereocenters. The second-order valence-corrected chi connectivity index (χ2v) is 5.25. The minimum Gasteiger partial charge on any atom is -0.491 e. The fourth-order valence-electron chi connectivity index (χ4n) is 1.78. The number of amides is 1. The van der Waals surface area contributed by atoms with Gasteiger partial charge < -0.3 is 15.0 Å². The summed E-state index contributed by atoms with van der Waals surface area (Å²) in [5, 5.41) is 3.24. The van der Waals surface area contributed by atoms with Crippen molar-refractivity contribution in [1.29, 1.82) is 0 Å². The van der Waals surface area contributed by atoms with Crippen LogP contribution in [0.3, 0.4) is 0 Å². The van der Waals surface area contributed by atoms with Gasteiger partial charge in [0.1, 0.15) is 5.75 Å². The van der Waals surface area contributed by atoms with Crippen molar-refractivity contribution in [2.24, 2.45) is 0 Å². The highest BCUT2D eigenvalue weighted by Crippen LogP contribution is 2.18. The number of nitrogens with zero attached hydrogens (tertiary/aromatic N) is 1. The quantitative estimate of drug-likeness (QED) is 0.833. The Morgan fingerprint density at radius 1 is 1.25 bits per heavy atom. The molecule has 1 amide bonds. The van der Waals surface area contributed by atoms with Crippen LogP contribution < -0.4 is 10.1 Å². The maximum absolute atomic E-state index is 11.7. The zero-order valence-corrected chi connectivity index (χ0v) is 13.1. The Bertz CT molecular complexity index is 415. The topological polar surface area (TPSA) is 41.6 Å². The molecule has 0 aliphatic rings. The van der Waals surface area contributed by atoms with E-state index in [2.05, 4.69) is 12.2 Å². The van der Waals surface area contributed by atoms with Crippen molar-refractivity contribution >= 4 is 5.91 Å². The van der Waals surface area contributed by atoms with E-state index in [0.29, 0.717) is 6.54 Å². The van der Waals surface area contributed by atoms with E-state index in [1.807, 2.05) is 52.1 Å². The van der Waals surface area contributed by atoms with Crippen molar-refractivity contribution in [3.8, 4) is 5.75 Å². The largest absolute Gasteiger partial charge is 0.491 e. The average Bonchev–Trinajstić information content (AvgIpc) is 2.43. The molecule has 0 aromatic heterocycles. The predicted molar refractivity (Wildman–Crippen MR) is 81.9 cm³/mol. The van der Waals surface area contributed by atoms with Gasteiger partial charge in [0.05, 0.1) is 12.6 Å². The molecule has 0 bridgehead atoms. The molecule has 1 atom stereocenters. The minimum absolute atomic E-state index is 0.110. The van der Waals surface area contributed by atoms with Crippen LogP contribution in [0.15, 0.2) is 24.3 Å². The molecular formula is C16H26N2O2. The molecule has 0 fully saturated rings. The van der Waals surface area contributed by atoms with Gasteiger partial charge >= 0.3 is 0 Å². The first-order valence-corrected chi connectivity index (χ1v) is 7.18. The SMILES string of the molecule is CCN(C)C(=O)CNC(C)c1ccc(OC(C)C)cc1. The second-order valence-electron chi connectivity index (χ2n) is 5.25. The predicted octanol–water partition coefficient (Wildman–Crippen LogP) is 2.60.